The van der Waals surface area contributed by atoms with Gasteiger partial charge >= 0.3 is 0 Å². The van der Waals surface area contributed by atoms with E-state index in [1.54, 1.807) is 6.33 Å². The quantitative estimate of drug-likeness (QED) is 0.759. The Labute approximate surface area is 152 Å². The maximum Gasteiger partial charge on any atom is 0.239 e. The molecule has 1 fully saturated rings. The summed E-state index contributed by atoms with van der Waals surface area (Å²) in [5.74, 6) is 0.929. The van der Waals surface area contributed by atoms with Crippen molar-refractivity contribution < 1.29 is 4.79 Å². The van der Waals surface area contributed by atoms with Gasteiger partial charge in [-0.05, 0) is 36.2 Å². The van der Waals surface area contributed by atoms with Crippen LogP contribution in [0.4, 0.5) is 11.5 Å². The Hall–Kier alpha value is -3.15. The topological polar surface area (TPSA) is 70.2 Å². The first-order chi connectivity index (χ1) is 12.7. The molecule has 0 radical (unpaired) electrons. The van der Waals surface area contributed by atoms with E-state index in [-0.39, 0.29) is 5.91 Å². The van der Waals surface area contributed by atoms with E-state index in [1.807, 2.05) is 12.1 Å². The summed E-state index contributed by atoms with van der Waals surface area (Å²) in [7, 11) is 0. The smallest absolute Gasteiger partial charge is 0.239 e. The Balaban J connectivity index is 1.48. The Kier molecular flexibility index (Phi) is 4.39. The molecule has 2 heterocycles. The van der Waals surface area contributed by atoms with Gasteiger partial charge in [-0.2, -0.15) is 0 Å². The number of benzene rings is 2. The first-order valence-corrected chi connectivity index (χ1v) is 8.75. The van der Waals surface area contributed by atoms with Crippen LogP contribution in [0.25, 0.3) is 10.9 Å². The Morgan fingerprint density at radius 3 is 2.81 bits per heavy atom. The molecule has 3 aromatic rings. The number of anilines is 2. The van der Waals surface area contributed by atoms with E-state index >= 15 is 0 Å². The Morgan fingerprint density at radius 1 is 1.15 bits per heavy atom. The van der Waals surface area contributed by atoms with E-state index in [0.29, 0.717) is 19.6 Å². The van der Waals surface area contributed by atoms with E-state index in [2.05, 4.69) is 62.8 Å². The summed E-state index contributed by atoms with van der Waals surface area (Å²) in [6.45, 7) is 4.71. The SMILES string of the molecule is Cc1cccc2ncnc(NCc3ccc(N4CCNC(=O)C4)cc3)c12. The summed E-state index contributed by atoms with van der Waals surface area (Å²) >= 11 is 0. The van der Waals surface area contributed by atoms with Gasteiger partial charge in [-0.25, -0.2) is 9.97 Å². The third kappa shape index (κ3) is 3.31. The summed E-state index contributed by atoms with van der Waals surface area (Å²) in [6.07, 6.45) is 1.59. The fourth-order valence-electron chi connectivity index (χ4n) is 3.28. The highest BCUT2D eigenvalue weighted by Gasteiger charge is 2.16. The zero-order valence-electron chi connectivity index (χ0n) is 14.7. The number of piperazine rings is 1. The van der Waals surface area contributed by atoms with E-state index < -0.39 is 0 Å². The highest BCUT2D eigenvalue weighted by atomic mass is 16.2. The van der Waals surface area contributed by atoms with Crippen LogP contribution in [0.3, 0.4) is 0 Å². The average molecular weight is 347 g/mol. The minimum absolute atomic E-state index is 0.0769. The zero-order chi connectivity index (χ0) is 17.9. The molecular weight excluding hydrogens is 326 g/mol. The second-order valence-electron chi connectivity index (χ2n) is 6.48. The number of carbonyl (C=O) groups is 1. The largest absolute Gasteiger partial charge is 0.365 e. The normalized spacial score (nSPS) is 14.3. The van der Waals surface area contributed by atoms with Crippen molar-refractivity contribution >= 4 is 28.3 Å². The van der Waals surface area contributed by atoms with Crippen LogP contribution in [0.1, 0.15) is 11.1 Å². The molecule has 2 N–H and O–H groups in total. The van der Waals surface area contributed by atoms with Crippen molar-refractivity contribution in [2.45, 2.75) is 13.5 Å². The molecular formula is C20H21N5O. The van der Waals surface area contributed by atoms with Crippen LogP contribution >= 0.6 is 0 Å². The van der Waals surface area contributed by atoms with Gasteiger partial charge in [0.05, 0.1) is 12.1 Å². The fraction of sp³-hybridized carbons (Fsp3) is 0.250. The molecule has 1 aliphatic heterocycles. The molecule has 1 amide bonds. The van der Waals surface area contributed by atoms with Crippen LogP contribution < -0.4 is 15.5 Å². The molecule has 132 valence electrons. The van der Waals surface area contributed by atoms with Crippen molar-refractivity contribution in [2.75, 3.05) is 29.9 Å². The first kappa shape index (κ1) is 16.3. The molecule has 0 aliphatic carbocycles. The van der Waals surface area contributed by atoms with E-state index in [9.17, 15) is 4.79 Å². The number of aryl methyl sites for hydroxylation is 1. The molecule has 1 saturated heterocycles. The average Bonchev–Trinajstić information content (AvgIpc) is 2.67. The molecule has 0 spiro atoms. The van der Waals surface area contributed by atoms with Gasteiger partial charge in [0, 0.05) is 30.7 Å². The summed E-state index contributed by atoms with van der Waals surface area (Å²) in [4.78, 5) is 22.4. The monoisotopic (exact) mass is 347 g/mol. The summed E-state index contributed by atoms with van der Waals surface area (Å²) < 4.78 is 0. The van der Waals surface area contributed by atoms with Crippen LogP contribution in [-0.4, -0.2) is 35.5 Å². The van der Waals surface area contributed by atoms with Gasteiger partial charge in [0.2, 0.25) is 5.91 Å². The van der Waals surface area contributed by atoms with E-state index in [1.165, 1.54) is 0 Å². The predicted octanol–water partition coefficient (Wildman–Crippen LogP) is 2.49. The van der Waals surface area contributed by atoms with E-state index in [0.717, 1.165) is 40.1 Å². The van der Waals surface area contributed by atoms with Crippen molar-refractivity contribution in [1.29, 1.82) is 0 Å². The molecule has 0 atom stereocenters. The minimum Gasteiger partial charge on any atom is -0.365 e. The summed E-state index contributed by atoms with van der Waals surface area (Å²) in [6, 6.07) is 14.4. The molecule has 0 unspecified atom stereocenters. The van der Waals surface area contributed by atoms with Crippen molar-refractivity contribution in [1.82, 2.24) is 15.3 Å². The maximum absolute atomic E-state index is 11.5. The number of aromatic nitrogens is 2. The predicted molar refractivity (Wildman–Crippen MR) is 103 cm³/mol. The highest BCUT2D eigenvalue weighted by molar-refractivity contribution is 5.91. The number of fused-ring (bicyclic) bond motifs is 1. The van der Waals surface area contributed by atoms with Crippen LogP contribution in [-0.2, 0) is 11.3 Å². The number of nitrogens with zero attached hydrogens (tertiary/aromatic N) is 3. The highest BCUT2D eigenvalue weighted by Crippen LogP contribution is 2.23. The lowest BCUT2D eigenvalue weighted by Crippen LogP contribution is -2.47. The van der Waals surface area contributed by atoms with Gasteiger partial charge in [0.15, 0.2) is 0 Å². The minimum atomic E-state index is 0.0769. The van der Waals surface area contributed by atoms with Gasteiger partial charge in [-0.3, -0.25) is 4.79 Å². The molecule has 1 aromatic heterocycles. The number of hydrogen-bond acceptors (Lipinski definition) is 5. The van der Waals surface area contributed by atoms with Gasteiger partial charge in [-0.15, -0.1) is 0 Å². The lowest BCUT2D eigenvalue weighted by atomic mass is 10.1. The molecule has 26 heavy (non-hydrogen) atoms. The van der Waals surface area contributed by atoms with Crippen molar-refractivity contribution in [3.05, 3.63) is 59.9 Å². The maximum atomic E-state index is 11.5. The van der Waals surface area contributed by atoms with Gasteiger partial charge in [0.1, 0.15) is 12.1 Å². The molecule has 6 heteroatoms. The van der Waals surface area contributed by atoms with Gasteiger partial charge in [-0.1, -0.05) is 24.3 Å². The fourth-order valence-corrected chi connectivity index (χ4v) is 3.28. The second-order valence-corrected chi connectivity index (χ2v) is 6.48. The molecule has 6 nitrogen and oxygen atoms in total. The third-order valence-corrected chi connectivity index (χ3v) is 4.67. The second kappa shape index (κ2) is 7.00. The van der Waals surface area contributed by atoms with Gasteiger partial charge < -0.3 is 15.5 Å². The van der Waals surface area contributed by atoms with Crippen molar-refractivity contribution in [3.63, 3.8) is 0 Å². The number of amides is 1. The van der Waals surface area contributed by atoms with Crippen LogP contribution in [0.15, 0.2) is 48.8 Å². The molecule has 1 aliphatic rings. The first-order valence-electron chi connectivity index (χ1n) is 8.75. The Morgan fingerprint density at radius 2 is 2.00 bits per heavy atom. The number of rotatable bonds is 4. The van der Waals surface area contributed by atoms with Crippen molar-refractivity contribution in [2.24, 2.45) is 0 Å². The molecule has 4 rings (SSSR count). The number of nitrogens with one attached hydrogen (secondary N) is 2. The lowest BCUT2D eigenvalue weighted by Gasteiger charge is -2.28. The van der Waals surface area contributed by atoms with Crippen molar-refractivity contribution in [3.8, 4) is 0 Å². The Bertz CT molecular complexity index is 933. The number of carbonyl (C=O) groups excluding carboxylic acids is 1. The van der Waals surface area contributed by atoms with Crippen LogP contribution in [0.5, 0.6) is 0 Å². The van der Waals surface area contributed by atoms with E-state index in [4.69, 9.17) is 0 Å². The molecule has 0 bridgehead atoms. The van der Waals surface area contributed by atoms with Gasteiger partial charge in [0.25, 0.3) is 0 Å². The summed E-state index contributed by atoms with van der Waals surface area (Å²) in [5, 5.41) is 7.33. The number of hydrogen-bond donors (Lipinski definition) is 2. The molecule has 0 saturated carbocycles. The third-order valence-electron chi connectivity index (χ3n) is 4.67. The zero-order valence-corrected chi connectivity index (χ0v) is 14.7. The molecule has 2 aromatic carbocycles. The summed E-state index contributed by atoms with van der Waals surface area (Å²) in [5.41, 5.74) is 4.34. The standard InChI is InChI=1S/C20H21N5O/c1-14-3-2-4-17-19(14)20(24-13-23-17)22-11-15-5-7-16(8-6-15)25-10-9-21-18(26)12-25/h2-8,13H,9-12H2,1H3,(H,21,26)(H,22,23,24). The van der Waals surface area contributed by atoms with Crippen LogP contribution in [0, 0.1) is 6.92 Å². The lowest BCUT2D eigenvalue weighted by molar-refractivity contribution is -0.120. The van der Waals surface area contributed by atoms with Crippen LogP contribution in [0.2, 0.25) is 0 Å².